The molecular formula is C16H20ClFN2. The number of hydrogen-bond acceptors (Lipinski definition) is 1. The SMILES string of the molecule is CCC1CCCC(n2c(CCl)nc3ccc(F)cc32)C1. The Labute approximate surface area is 123 Å². The van der Waals surface area contributed by atoms with Crippen molar-refractivity contribution in [3.8, 4) is 0 Å². The summed E-state index contributed by atoms with van der Waals surface area (Å²) in [5, 5.41) is 0. The summed E-state index contributed by atoms with van der Waals surface area (Å²) in [5.41, 5.74) is 1.74. The van der Waals surface area contributed by atoms with Crippen LogP contribution in [0.1, 0.15) is 50.9 Å². The lowest BCUT2D eigenvalue weighted by atomic mass is 9.84. The Morgan fingerprint density at radius 2 is 2.25 bits per heavy atom. The van der Waals surface area contributed by atoms with Crippen LogP contribution in [-0.2, 0) is 5.88 Å². The molecule has 2 aromatic rings. The van der Waals surface area contributed by atoms with Gasteiger partial charge in [0.15, 0.2) is 0 Å². The number of benzene rings is 1. The third kappa shape index (κ3) is 2.44. The quantitative estimate of drug-likeness (QED) is 0.724. The van der Waals surface area contributed by atoms with Crippen LogP contribution in [-0.4, -0.2) is 9.55 Å². The van der Waals surface area contributed by atoms with E-state index in [-0.39, 0.29) is 5.82 Å². The normalized spacial score (nSPS) is 23.4. The van der Waals surface area contributed by atoms with Crippen LogP contribution in [0, 0.1) is 11.7 Å². The Kier molecular flexibility index (Phi) is 3.97. The largest absolute Gasteiger partial charge is 0.324 e. The van der Waals surface area contributed by atoms with Crippen LogP contribution in [0.15, 0.2) is 18.2 Å². The Balaban J connectivity index is 2.06. The number of nitrogens with zero attached hydrogens (tertiary/aromatic N) is 2. The lowest BCUT2D eigenvalue weighted by Crippen LogP contribution is -2.20. The van der Waals surface area contributed by atoms with Gasteiger partial charge in [-0.1, -0.05) is 26.2 Å². The predicted molar refractivity (Wildman–Crippen MR) is 80.5 cm³/mol. The van der Waals surface area contributed by atoms with Crippen LogP contribution in [0.25, 0.3) is 11.0 Å². The predicted octanol–water partition coefficient (Wildman–Crippen LogP) is 5.06. The summed E-state index contributed by atoms with van der Waals surface area (Å²) < 4.78 is 15.8. The van der Waals surface area contributed by atoms with Crippen molar-refractivity contribution in [2.24, 2.45) is 5.92 Å². The summed E-state index contributed by atoms with van der Waals surface area (Å²) in [6.07, 6.45) is 6.06. The van der Waals surface area contributed by atoms with Crippen molar-refractivity contribution in [1.82, 2.24) is 9.55 Å². The molecule has 1 aromatic carbocycles. The first-order valence-electron chi connectivity index (χ1n) is 7.45. The first-order chi connectivity index (χ1) is 9.72. The maximum absolute atomic E-state index is 13.6. The molecule has 0 radical (unpaired) electrons. The molecule has 0 amide bonds. The number of rotatable bonds is 3. The van der Waals surface area contributed by atoms with E-state index in [0.29, 0.717) is 11.9 Å². The van der Waals surface area contributed by atoms with Crippen molar-refractivity contribution in [2.45, 2.75) is 50.9 Å². The number of alkyl halides is 1. The molecule has 2 unspecified atom stereocenters. The van der Waals surface area contributed by atoms with Crippen molar-refractivity contribution in [1.29, 1.82) is 0 Å². The van der Waals surface area contributed by atoms with E-state index in [1.165, 1.54) is 25.3 Å². The van der Waals surface area contributed by atoms with E-state index in [2.05, 4.69) is 16.5 Å². The summed E-state index contributed by atoms with van der Waals surface area (Å²) in [6.45, 7) is 2.25. The van der Waals surface area contributed by atoms with Crippen LogP contribution in [0.5, 0.6) is 0 Å². The second-order valence-corrected chi connectivity index (χ2v) is 6.03. The van der Waals surface area contributed by atoms with E-state index < -0.39 is 0 Å². The number of imidazole rings is 1. The van der Waals surface area contributed by atoms with Gasteiger partial charge in [-0.05, 0) is 37.0 Å². The zero-order chi connectivity index (χ0) is 14.1. The molecule has 3 rings (SSSR count). The molecule has 0 aliphatic heterocycles. The second kappa shape index (κ2) is 5.72. The number of halogens is 2. The summed E-state index contributed by atoms with van der Waals surface area (Å²) >= 11 is 6.06. The van der Waals surface area contributed by atoms with Crippen molar-refractivity contribution in [2.75, 3.05) is 0 Å². The second-order valence-electron chi connectivity index (χ2n) is 5.76. The molecule has 2 atom stereocenters. The Morgan fingerprint density at radius 3 is 3.00 bits per heavy atom. The molecule has 1 aliphatic carbocycles. The molecule has 4 heteroatoms. The van der Waals surface area contributed by atoms with Gasteiger partial charge < -0.3 is 4.57 Å². The molecule has 0 bridgehead atoms. The zero-order valence-electron chi connectivity index (χ0n) is 11.8. The van der Waals surface area contributed by atoms with Gasteiger partial charge in [0.2, 0.25) is 0 Å². The molecule has 108 valence electrons. The average molecular weight is 295 g/mol. The molecule has 1 fully saturated rings. The smallest absolute Gasteiger partial charge is 0.125 e. The van der Waals surface area contributed by atoms with Gasteiger partial charge in [-0.3, -0.25) is 0 Å². The standard InChI is InChI=1S/C16H20ClFN2/c1-2-11-4-3-5-13(8-11)20-15-9-12(18)6-7-14(15)19-16(20)10-17/h6-7,9,11,13H,2-5,8,10H2,1H3. The maximum atomic E-state index is 13.6. The molecule has 20 heavy (non-hydrogen) atoms. The summed E-state index contributed by atoms with van der Waals surface area (Å²) in [7, 11) is 0. The first-order valence-corrected chi connectivity index (χ1v) is 7.98. The fraction of sp³-hybridized carbons (Fsp3) is 0.562. The van der Waals surface area contributed by atoms with Crippen molar-refractivity contribution < 1.29 is 4.39 Å². The van der Waals surface area contributed by atoms with E-state index in [1.807, 2.05) is 0 Å². The van der Waals surface area contributed by atoms with Gasteiger partial charge in [0.1, 0.15) is 11.6 Å². The third-order valence-corrected chi connectivity index (χ3v) is 4.78. The highest BCUT2D eigenvalue weighted by Gasteiger charge is 2.25. The van der Waals surface area contributed by atoms with E-state index in [1.54, 1.807) is 12.1 Å². The lowest BCUT2D eigenvalue weighted by molar-refractivity contribution is 0.262. The lowest BCUT2D eigenvalue weighted by Gasteiger charge is -2.30. The van der Waals surface area contributed by atoms with Crippen LogP contribution in [0.4, 0.5) is 4.39 Å². The van der Waals surface area contributed by atoms with E-state index >= 15 is 0 Å². The molecule has 1 aliphatic rings. The Morgan fingerprint density at radius 1 is 1.40 bits per heavy atom. The minimum Gasteiger partial charge on any atom is -0.324 e. The van der Waals surface area contributed by atoms with Gasteiger partial charge in [0.25, 0.3) is 0 Å². The van der Waals surface area contributed by atoms with Crippen LogP contribution in [0.3, 0.4) is 0 Å². The van der Waals surface area contributed by atoms with Gasteiger partial charge >= 0.3 is 0 Å². The topological polar surface area (TPSA) is 17.8 Å². The van der Waals surface area contributed by atoms with Crippen molar-refractivity contribution >= 4 is 22.6 Å². The fourth-order valence-corrected chi connectivity index (χ4v) is 3.67. The minimum atomic E-state index is -0.206. The third-order valence-electron chi connectivity index (χ3n) is 4.54. The van der Waals surface area contributed by atoms with Gasteiger partial charge in [-0.15, -0.1) is 11.6 Å². The van der Waals surface area contributed by atoms with Gasteiger partial charge in [-0.25, -0.2) is 9.37 Å². The summed E-state index contributed by atoms with van der Waals surface area (Å²) in [4.78, 5) is 4.56. The molecule has 0 N–H and O–H groups in total. The molecule has 0 spiro atoms. The molecule has 1 aromatic heterocycles. The highest BCUT2D eigenvalue weighted by atomic mass is 35.5. The van der Waals surface area contributed by atoms with Crippen molar-refractivity contribution in [3.63, 3.8) is 0 Å². The van der Waals surface area contributed by atoms with Crippen LogP contribution in [0.2, 0.25) is 0 Å². The number of hydrogen-bond donors (Lipinski definition) is 0. The molecular weight excluding hydrogens is 275 g/mol. The fourth-order valence-electron chi connectivity index (χ4n) is 3.49. The highest BCUT2D eigenvalue weighted by Crippen LogP contribution is 2.37. The first kappa shape index (κ1) is 13.9. The van der Waals surface area contributed by atoms with Gasteiger partial charge in [-0.2, -0.15) is 0 Å². The van der Waals surface area contributed by atoms with E-state index in [9.17, 15) is 4.39 Å². The summed E-state index contributed by atoms with van der Waals surface area (Å²) in [6, 6.07) is 5.22. The number of fused-ring (bicyclic) bond motifs is 1. The Hall–Kier alpha value is -1.09. The van der Waals surface area contributed by atoms with E-state index in [0.717, 1.165) is 35.6 Å². The summed E-state index contributed by atoms with van der Waals surface area (Å²) in [5.74, 6) is 1.81. The van der Waals surface area contributed by atoms with Crippen LogP contribution < -0.4 is 0 Å². The van der Waals surface area contributed by atoms with Crippen LogP contribution >= 0.6 is 11.6 Å². The Bertz CT molecular complexity index is 608. The van der Waals surface area contributed by atoms with Gasteiger partial charge in [0.05, 0.1) is 16.9 Å². The monoisotopic (exact) mass is 294 g/mol. The molecule has 0 saturated heterocycles. The minimum absolute atomic E-state index is 0.206. The van der Waals surface area contributed by atoms with E-state index in [4.69, 9.17) is 11.6 Å². The molecule has 1 saturated carbocycles. The average Bonchev–Trinajstić information content (AvgIpc) is 2.85. The van der Waals surface area contributed by atoms with Gasteiger partial charge in [0, 0.05) is 6.04 Å². The molecule has 2 nitrogen and oxygen atoms in total. The van der Waals surface area contributed by atoms with Crippen molar-refractivity contribution in [3.05, 3.63) is 29.8 Å². The maximum Gasteiger partial charge on any atom is 0.125 e. The highest BCUT2D eigenvalue weighted by molar-refractivity contribution is 6.16. The number of aromatic nitrogens is 2. The molecule has 1 heterocycles. The zero-order valence-corrected chi connectivity index (χ0v) is 12.5.